The van der Waals surface area contributed by atoms with Crippen molar-refractivity contribution in [2.24, 2.45) is 0 Å². The Balaban J connectivity index is 2.06. The first-order valence-corrected chi connectivity index (χ1v) is 5.03. The molecule has 1 fully saturated rings. The monoisotopic (exact) mass is 191 g/mol. The number of rotatable bonds is 2. The zero-order valence-electron chi connectivity index (χ0n) is 8.12. The van der Waals surface area contributed by atoms with Crippen LogP contribution >= 0.6 is 0 Å². The summed E-state index contributed by atoms with van der Waals surface area (Å²) in [6.07, 6.45) is 6.34. The molecule has 1 saturated heterocycles. The van der Waals surface area contributed by atoms with Gasteiger partial charge in [-0.2, -0.15) is 0 Å². The molecule has 0 aromatic heterocycles. The standard InChI is InChI=1S/C12H14FN/c13-12-6-2-1-5-11(12)7-10-14-8-3-4-9-14/h1-2,5-7,10H,3-4,8-9H2. The molecule has 1 nitrogen and oxygen atoms in total. The van der Waals surface area contributed by atoms with Crippen molar-refractivity contribution >= 4 is 6.08 Å². The van der Waals surface area contributed by atoms with Crippen LogP contribution < -0.4 is 0 Å². The van der Waals surface area contributed by atoms with Gasteiger partial charge in [0.05, 0.1) is 0 Å². The van der Waals surface area contributed by atoms with Gasteiger partial charge in [-0.15, -0.1) is 0 Å². The van der Waals surface area contributed by atoms with Gasteiger partial charge >= 0.3 is 0 Å². The molecule has 0 atom stereocenters. The van der Waals surface area contributed by atoms with E-state index >= 15 is 0 Å². The largest absolute Gasteiger partial charge is 0.377 e. The number of halogens is 1. The fourth-order valence-corrected chi connectivity index (χ4v) is 1.69. The third-order valence-electron chi connectivity index (χ3n) is 2.51. The second-order valence-electron chi connectivity index (χ2n) is 3.58. The Morgan fingerprint density at radius 3 is 2.57 bits per heavy atom. The molecule has 0 radical (unpaired) electrons. The highest BCUT2D eigenvalue weighted by molar-refractivity contribution is 5.49. The van der Waals surface area contributed by atoms with E-state index < -0.39 is 0 Å². The molecule has 0 saturated carbocycles. The molecule has 1 heterocycles. The number of hydrogen-bond donors (Lipinski definition) is 0. The summed E-state index contributed by atoms with van der Waals surface area (Å²) < 4.78 is 13.2. The van der Waals surface area contributed by atoms with Gasteiger partial charge in [0.2, 0.25) is 0 Å². The number of likely N-dealkylation sites (tertiary alicyclic amines) is 1. The molecule has 0 spiro atoms. The van der Waals surface area contributed by atoms with Gasteiger partial charge in [0, 0.05) is 18.7 Å². The highest BCUT2D eigenvalue weighted by Gasteiger charge is 2.06. The third-order valence-corrected chi connectivity index (χ3v) is 2.51. The summed E-state index contributed by atoms with van der Waals surface area (Å²) in [5.74, 6) is -0.150. The fraction of sp³-hybridized carbons (Fsp3) is 0.333. The first kappa shape index (κ1) is 9.25. The van der Waals surface area contributed by atoms with E-state index in [0.29, 0.717) is 5.56 Å². The average molecular weight is 191 g/mol. The van der Waals surface area contributed by atoms with Crippen molar-refractivity contribution in [1.29, 1.82) is 0 Å². The molecule has 0 aliphatic carbocycles. The lowest BCUT2D eigenvalue weighted by atomic mass is 10.2. The summed E-state index contributed by atoms with van der Waals surface area (Å²) in [5, 5.41) is 0. The summed E-state index contributed by atoms with van der Waals surface area (Å²) in [7, 11) is 0. The topological polar surface area (TPSA) is 3.24 Å². The van der Waals surface area contributed by atoms with Crippen molar-refractivity contribution in [1.82, 2.24) is 4.90 Å². The van der Waals surface area contributed by atoms with Crippen LogP contribution in [0.3, 0.4) is 0 Å². The highest BCUT2D eigenvalue weighted by Crippen LogP contribution is 2.12. The lowest BCUT2D eigenvalue weighted by Crippen LogP contribution is -2.10. The molecule has 74 valence electrons. The van der Waals surface area contributed by atoms with Gasteiger partial charge < -0.3 is 4.90 Å². The van der Waals surface area contributed by atoms with Gasteiger partial charge in [0.15, 0.2) is 0 Å². The van der Waals surface area contributed by atoms with Gasteiger partial charge in [-0.1, -0.05) is 18.2 Å². The van der Waals surface area contributed by atoms with Crippen molar-refractivity contribution in [2.45, 2.75) is 12.8 Å². The molecule has 1 aromatic rings. The predicted octanol–water partition coefficient (Wildman–Crippen LogP) is 2.89. The minimum absolute atomic E-state index is 0.150. The third kappa shape index (κ3) is 2.13. The molecule has 0 unspecified atom stereocenters. The Hall–Kier alpha value is -1.31. The van der Waals surface area contributed by atoms with Crippen molar-refractivity contribution in [3.05, 3.63) is 41.8 Å². The maximum absolute atomic E-state index is 13.2. The number of benzene rings is 1. The van der Waals surface area contributed by atoms with Crippen LogP contribution in [0.2, 0.25) is 0 Å². The highest BCUT2D eigenvalue weighted by atomic mass is 19.1. The van der Waals surface area contributed by atoms with Gasteiger partial charge in [0.25, 0.3) is 0 Å². The van der Waals surface area contributed by atoms with E-state index in [1.54, 1.807) is 12.1 Å². The van der Waals surface area contributed by atoms with Crippen LogP contribution in [0.1, 0.15) is 18.4 Å². The van der Waals surface area contributed by atoms with Gasteiger partial charge in [0.1, 0.15) is 5.82 Å². The maximum Gasteiger partial charge on any atom is 0.130 e. The number of hydrogen-bond acceptors (Lipinski definition) is 1. The maximum atomic E-state index is 13.2. The molecule has 1 aliphatic heterocycles. The molecule has 0 bridgehead atoms. The molecule has 0 N–H and O–H groups in total. The van der Waals surface area contributed by atoms with Crippen LogP contribution in [0.15, 0.2) is 30.5 Å². The number of nitrogens with zero attached hydrogens (tertiary/aromatic N) is 1. The van der Waals surface area contributed by atoms with Gasteiger partial charge in [-0.25, -0.2) is 4.39 Å². The van der Waals surface area contributed by atoms with E-state index in [-0.39, 0.29) is 5.82 Å². The second-order valence-corrected chi connectivity index (χ2v) is 3.58. The van der Waals surface area contributed by atoms with Crippen LogP contribution in [0.5, 0.6) is 0 Å². The van der Waals surface area contributed by atoms with Crippen LogP contribution in [0, 0.1) is 5.82 Å². The van der Waals surface area contributed by atoms with Crippen molar-refractivity contribution in [3.63, 3.8) is 0 Å². The fourth-order valence-electron chi connectivity index (χ4n) is 1.69. The first-order valence-electron chi connectivity index (χ1n) is 5.03. The molecule has 0 amide bonds. The summed E-state index contributed by atoms with van der Waals surface area (Å²) in [6.45, 7) is 2.20. The van der Waals surface area contributed by atoms with E-state index in [2.05, 4.69) is 4.90 Å². The Morgan fingerprint density at radius 2 is 1.86 bits per heavy atom. The molecule has 1 aromatic carbocycles. The minimum atomic E-state index is -0.150. The zero-order chi connectivity index (χ0) is 9.80. The molecular weight excluding hydrogens is 177 g/mol. The Labute approximate surface area is 83.9 Å². The summed E-state index contributed by atoms with van der Waals surface area (Å²) in [4.78, 5) is 2.23. The molecular formula is C12H14FN. The van der Waals surface area contributed by atoms with Crippen LogP contribution in [0.25, 0.3) is 6.08 Å². The smallest absolute Gasteiger partial charge is 0.130 e. The second kappa shape index (κ2) is 4.27. The first-order chi connectivity index (χ1) is 6.86. The predicted molar refractivity (Wildman–Crippen MR) is 56.2 cm³/mol. The lowest BCUT2D eigenvalue weighted by Gasteiger charge is -2.09. The van der Waals surface area contributed by atoms with Crippen LogP contribution in [-0.2, 0) is 0 Å². The van der Waals surface area contributed by atoms with Gasteiger partial charge in [-0.3, -0.25) is 0 Å². The summed E-state index contributed by atoms with van der Waals surface area (Å²) >= 11 is 0. The summed E-state index contributed by atoms with van der Waals surface area (Å²) in [5.41, 5.74) is 0.666. The Morgan fingerprint density at radius 1 is 1.14 bits per heavy atom. The summed E-state index contributed by atoms with van der Waals surface area (Å²) in [6, 6.07) is 6.85. The minimum Gasteiger partial charge on any atom is -0.377 e. The normalized spacial score (nSPS) is 16.8. The van der Waals surface area contributed by atoms with Crippen LogP contribution in [-0.4, -0.2) is 18.0 Å². The SMILES string of the molecule is Fc1ccccc1C=CN1CCCC1. The molecule has 14 heavy (non-hydrogen) atoms. The quantitative estimate of drug-likeness (QED) is 0.694. The molecule has 2 rings (SSSR count). The average Bonchev–Trinajstić information content (AvgIpc) is 2.69. The zero-order valence-corrected chi connectivity index (χ0v) is 8.12. The van der Waals surface area contributed by atoms with E-state index in [0.717, 1.165) is 13.1 Å². The van der Waals surface area contributed by atoms with Crippen LogP contribution in [0.4, 0.5) is 4.39 Å². The lowest BCUT2D eigenvalue weighted by molar-refractivity contribution is 0.471. The van der Waals surface area contributed by atoms with Crippen molar-refractivity contribution in [3.8, 4) is 0 Å². The Kier molecular flexibility index (Phi) is 2.82. The van der Waals surface area contributed by atoms with Gasteiger partial charge in [-0.05, 0) is 31.2 Å². The molecule has 1 aliphatic rings. The van der Waals surface area contributed by atoms with E-state index in [1.807, 2.05) is 18.3 Å². The molecule has 2 heteroatoms. The van der Waals surface area contributed by atoms with E-state index in [1.165, 1.54) is 18.9 Å². The Bertz CT molecular complexity index is 327. The van der Waals surface area contributed by atoms with E-state index in [4.69, 9.17) is 0 Å². The van der Waals surface area contributed by atoms with Crippen molar-refractivity contribution in [2.75, 3.05) is 13.1 Å². The van der Waals surface area contributed by atoms with E-state index in [9.17, 15) is 4.39 Å². The van der Waals surface area contributed by atoms with Crippen molar-refractivity contribution < 1.29 is 4.39 Å².